The van der Waals surface area contributed by atoms with Crippen molar-refractivity contribution < 1.29 is 33.3 Å². The van der Waals surface area contributed by atoms with E-state index >= 15 is 0 Å². The summed E-state index contributed by atoms with van der Waals surface area (Å²) in [7, 11) is -1.49. The number of hydrogen-bond acceptors (Lipinski definition) is 3. The van der Waals surface area contributed by atoms with Gasteiger partial charge >= 0.3 is 0 Å². The first-order chi connectivity index (χ1) is 25.4. The largest absolute Gasteiger partial charge is 0.501 e. The minimum Gasteiger partial charge on any atom is -0.501 e. The van der Waals surface area contributed by atoms with Crippen molar-refractivity contribution in [2.24, 2.45) is 5.41 Å². The minimum atomic E-state index is -1.49. The van der Waals surface area contributed by atoms with Crippen LogP contribution in [0.2, 0.25) is 19.6 Å². The number of halogens is 2. The van der Waals surface area contributed by atoms with Crippen molar-refractivity contribution in [3.05, 3.63) is 149 Å². The van der Waals surface area contributed by atoms with E-state index in [2.05, 4.69) is 112 Å². The van der Waals surface area contributed by atoms with Crippen LogP contribution >= 0.6 is 0 Å². The first kappa shape index (κ1) is 41.9. The van der Waals surface area contributed by atoms with E-state index in [1.54, 1.807) is 39.0 Å². The van der Waals surface area contributed by atoms with Crippen LogP contribution in [0.3, 0.4) is 0 Å². The van der Waals surface area contributed by atoms with Gasteiger partial charge in [0.1, 0.15) is 11.3 Å². The van der Waals surface area contributed by atoms with Crippen LogP contribution in [-0.2, 0) is 32.2 Å². The Labute approximate surface area is 340 Å². The van der Waals surface area contributed by atoms with Crippen molar-refractivity contribution in [2.45, 2.75) is 86.1 Å². The predicted octanol–water partition coefficient (Wildman–Crippen LogP) is 12.9. The summed E-state index contributed by atoms with van der Waals surface area (Å²) in [5.41, 5.74) is 8.03. The number of fused-ring (bicyclic) bond motifs is 3. The first-order valence-corrected chi connectivity index (χ1v) is 22.1. The van der Waals surface area contributed by atoms with Crippen LogP contribution in [0.1, 0.15) is 75.3 Å². The Hall–Kier alpha value is -4.29. The molecule has 7 aromatic rings. The molecule has 7 heteroatoms. The van der Waals surface area contributed by atoms with Crippen molar-refractivity contribution in [3.63, 3.8) is 0 Å². The van der Waals surface area contributed by atoms with Gasteiger partial charge in [0, 0.05) is 49.6 Å². The van der Waals surface area contributed by atoms with Crippen molar-refractivity contribution in [2.75, 3.05) is 0 Å². The van der Waals surface area contributed by atoms with Gasteiger partial charge in [-0.2, -0.15) is 0 Å². The predicted molar refractivity (Wildman–Crippen MR) is 223 cm³/mol. The molecule has 3 nitrogen and oxygen atoms in total. The summed E-state index contributed by atoms with van der Waals surface area (Å²) in [4.78, 5) is 9.18. The molecule has 0 amide bonds. The number of nitrogens with zero attached hydrogens (tertiary/aromatic N) is 2. The Balaban J connectivity index is 0.000000217. The second kappa shape index (κ2) is 16.4. The number of rotatable bonds is 7. The van der Waals surface area contributed by atoms with Gasteiger partial charge in [-0.1, -0.05) is 130 Å². The van der Waals surface area contributed by atoms with Gasteiger partial charge in [0.2, 0.25) is 0 Å². The summed E-state index contributed by atoms with van der Waals surface area (Å²) >= 11 is 0. The molecule has 4 aromatic carbocycles. The van der Waals surface area contributed by atoms with Gasteiger partial charge < -0.3 is 14.4 Å². The molecule has 287 valence electrons. The molecule has 0 bridgehead atoms. The molecule has 0 aliphatic heterocycles. The third-order valence-corrected chi connectivity index (χ3v) is 11.9. The third kappa shape index (κ3) is 9.57. The second-order valence-corrected chi connectivity index (χ2v) is 22.1. The van der Waals surface area contributed by atoms with Crippen molar-refractivity contribution in [3.8, 4) is 22.5 Å². The average molecular weight is 929 g/mol. The summed E-state index contributed by atoms with van der Waals surface area (Å²) in [6.07, 6.45) is 4.77. The molecule has 0 saturated carbocycles. The zero-order valence-electron chi connectivity index (χ0n) is 33.5. The van der Waals surface area contributed by atoms with E-state index in [4.69, 9.17) is 4.42 Å². The third-order valence-electron chi connectivity index (χ3n) is 9.86. The maximum Gasteiger partial charge on any atom is 0.130 e. The second-order valence-electron chi connectivity index (χ2n) is 17.1. The maximum absolute atomic E-state index is 14.5. The van der Waals surface area contributed by atoms with E-state index in [0.717, 1.165) is 39.6 Å². The van der Waals surface area contributed by atoms with Crippen LogP contribution in [0.4, 0.5) is 8.78 Å². The molecule has 1 unspecified atom stereocenters. The van der Waals surface area contributed by atoms with Crippen LogP contribution in [0, 0.1) is 30.3 Å². The fourth-order valence-corrected chi connectivity index (χ4v) is 8.46. The summed E-state index contributed by atoms with van der Waals surface area (Å²) in [5, 5.41) is 3.21. The van der Waals surface area contributed by atoms with Gasteiger partial charge in [-0.15, -0.1) is 36.4 Å². The van der Waals surface area contributed by atoms with Gasteiger partial charge in [-0.3, -0.25) is 4.39 Å². The van der Waals surface area contributed by atoms with Crippen LogP contribution in [0.5, 0.6) is 0 Å². The molecule has 1 atom stereocenters. The normalized spacial score (nSPS) is 12.6. The molecule has 1 radical (unpaired) electrons. The Morgan fingerprint density at radius 2 is 1.45 bits per heavy atom. The SMILES string of the molecule is CC(c1ccccc1)c1ccnc(-c2[c-]ccc3c2oc2ccc(C(C)(C)F)cc23)c1.Cc1cc[c-]c(-c2cc(CC(C)(C)C)c([Si](C)(C)C)cn2)c1F.[Ir]. The van der Waals surface area contributed by atoms with Gasteiger partial charge in [0.15, 0.2) is 0 Å². The number of furan rings is 1. The molecule has 3 heterocycles. The monoisotopic (exact) mass is 929 g/mol. The van der Waals surface area contributed by atoms with E-state index in [1.165, 1.54) is 21.9 Å². The summed E-state index contributed by atoms with van der Waals surface area (Å²) < 4.78 is 35.1. The standard InChI is InChI=1S/C28H23FNO.C20H27FNSi.Ir/c1-18(19-8-5-4-6-9-19)20-14-15-30-25(16-20)23-11-7-10-22-24-17-21(28(2,3)29)12-13-26(24)31-27(22)23;1-14-9-8-10-16(19(14)21)17-11-15(12-20(2,3)4)18(13-22-17)23(5,6)7;/h4-10,12-18H,1-3H3;8-9,11,13H,12H2,1-7H3;/q2*-1;. The molecule has 0 saturated heterocycles. The molecule has 3 aromatic heterocycles. The molecular formula is C48H50F2IrN2OSi-2. The fourth-order valence-electron chi connectivity index (χ4n) is 6.89. The summed E-state index contributed by atoms with van der Waals surface area (Å²) in [6, 6.07) is 35.9. The molecule has 0 aliphatic rings. The Morgan fingerprint density at radius 3 is 2.13 bits per heavy atom. The van der Waals surface area contributed by atoms with Crippen LogP contribution in [0.15, 0.2) is 108 Å². The maximum atomic E-state index is 14.5. The molecule has 0 fully saturated rings. The first-order valence-electron chi connectivity index (χ1n) is 18.6. The van der Waals surface area contributed by atoms with Gasteiger partial charge in [-0.25, -0.2) is 4.39 Å². The van der Waals surface area contributed by atoms with Gasteiger partial charge in [-0.05, 0) is 77.1 Å². The molecule has 7 rings (SSSR count). The van der Waals surface area contributed by atoms with Gasteiger partial charge in [0.05, 0.1) is 13.7 Å². The van der Waals surface area contributed by atoms with Crippen molar-refractivity contribution in [1.29, 1.82) is 0 Å². The number of aromatic nitrogens is 2. The van der Waals surface area contributed by atoms with Crippen LogP contribution < -0.4 is 5.19 Å². The van der Waals surface area contributed by atoms with Crippen molar-refractivity contribution in [1.82, 2.24) is 9.97 Å². The van der Waals surface area contributed by atoms with Crippen molar-refractivity contribution >= 4 is 35.2 Å². The number of pyridine rings is 2. The molecule has 0 aliphatic carbocycles. The zero-order chi connectivity index (χ0) is 39.0. The average Bonchev–Trinajstić information content (AvgIpc) is 3.50. The Kier molecular flexibility index (Phi) is 12.5. The summed E-state index contributed by atoms with van der Waals surface area (Å²) in [6.45, 7) is 20.8. The minimum absolute atomic E-state index is 0. The summed E-state index contributed by atoms with van der Waals surface area (Å²) in [5.74, 6) is 0.0228. The molecule has 0 spiro atoms. The van der Waals surface area contributed by atoms with E-state index in [-0.39, 0.29) is 37.3 Å². The molecule has 0 N–H and O–H groups in total. The number of aryl methyl sites for hydroxylation is 1. The number of benzene rings is 4. The topological polar surface area (TPSA) is 38.9 Å². The molecule has 55 heavy (non-hydrogen) atoms. The van der Waals surface area contributed by atoms with Crippen LogP contribution in [-0.4, -0.2) is 18.0 Å². The van der Waals surface area contributed by atoms with E-state index in [0.29, 0.717) is 22.4 Å². The number of hydrogen-bond donors (Lipinski definition) is 0. The van der Waals surface area contributed by atoms with E-state index in [1.807, 2.05) is 42.7 Å². The molecular weight excluding hydrogens is 879 g/mol. The van der Waals surface area contributed by atoms with E-state index in [9.17, 15) is 8.78 Å². The van der Waals surface area contributed by atoms with E-state index < -0.39 is 13.7 Å². The number of alkyl halides is 1. The Morgan fingerprint density at radius 1 is 0.782 bits per heavy atom. The smallest absolute Gasteiger partial charge is 0.130 e. The quantitative estimate of drug-likeness (QED) is 0.118. The fraction of sp³-hybridized carbons (Fsp3) is 0.292. The Bertz CT molecular complexity index is 2420. The van der Waals surface area contributed by atoms with Gasteiger partial charge in [0.25, 0.3) is 0 Å². The zero-order valence-corrected chi connectivity index (χ0v) is 36.9. The van der Waals surface area contributed by atoms with Crippen LogP contribution in [0.25, 0.3) is 44.5 Å².